The molecule has 0 unspecified atom stereocenters. The van der Waals surface area contributed by atoms with E-state index < -0.39 is 0 Å². The molecule has 1 heterocycles. The first kappa shape index (κ1) is 13.1. The number of nitrogens with two attached hydrogens (primary N) is 1. The number of aromatic nitrogens is 1. The fraction of sp³-hybridized carbons (Fsp3) is 0.615. The molecule has 3 nitrogen and oxygen atoms in total. The van der Waals surface area contributed by atoms with Crippen LogP contribution in [0.5, 0.6) is 0 Å². The van der Waals surface area contributed by atoms with Gasteiger partial charge in [0, 0.05) is 24.9 Å². The van der Waals surface area contributed by atoms with Crippen LogP contribution in [0.2, 0.25) is 0 Å². The molecule has 1 rings (SSSR count). The fourth-order valence-electron chi connectivity index (χ4n) is 1.67. The van der Waals surface area contributed by atoms with Gasteiger partial charge < -0.3 is 10.6 Å². The quantitative estimate of drug-likeness (QED) is 0.679. The lowest BCUT2D eigenvalue weighted by molar-refractivity contribution is 0.328. The smallest absolute Gasteiger partial charge is 0.0416 e. The molecule has 0 aromatic carbocycles. The Morgan fingerprint density at radius 3 is 2.75 bits per heavy atom. The summed E-state index contributed by atoms with van der Waals surface area (Å²) < 4.78 is 0. The molecule has 0 radical (unpaired) electrons. The third-order valence-electron chi connectivity index (χ3n) is 2.72. The summed E-state index contributed by atoms with van der Waals surface area (Å²) in [5.74, 6) is 0. The van der Waals surface area contributed by atoms with Crippen molar-refractivity contribution in [3.63, 3.8) is 0 Å². The van der Waals surface area contributed by atoms with Gasteiger partial charge in [0.15, 0.2) is 0 Å². The first-order valence-corrected chi connectivity index (χ1v) is 6.11. The zero-order chi connectivity index (χ0) is 11.6. The highest BCUT2D eigenvalue weighted by Gasteiger charge is 1.99. The molecular formula is C13H23N3. The summed E-state index contributed by atoms with van der Waals surface area (Å²) in [4.78, 5) is 6.68. The Labute approximate surface area is 98.7 Å². The van der Waals surface area contributed by atoms with E-state index in [1.165, 1.54) is 18.5 Å². The second-order valence-electron chi connectivity index (χ2n) is 4.22. The molecule has 16 heavy (non-hydrogen) atoms. The molecule has 0 spiro atoms. The molecule has 0 aliphatic heterocycles. The van der Waals surface area contributed by atoms with Crippen LogP contribution in [0.1, 0.15) is 25.0 Å². The van der Waals surface area contributed by atoms with E-state index in [0.29, 0.717) is 0 Å². The Morgan fingerprint density at radius 1 is 1.19 bits per heavy atom. The minimum absolute atomic E-state index is 0.817. The maximum absolute atomic E-state index is 5.46. The molecule has 0 aliphatic rings. The minimum atomic E-state index is 0.817. The van der Waals surface area contributed by atoms with Gasteiger partial charge in [-0.2, -0.15) is 0 Å². The summed E-state index contributed by atoms with van der Waals surface area (Å²) >= 11 is 0. The van der Waals surface area contributed by atoms with Crippen LogP contribution >= 0.6 is 0 Å². The molecule has 90 valence electrons. The summed E-state index contributed by atoms with van der Waals surface area (Å²) in [6, 6.07) is 6.09. The first-order valence-electron chi connectivity index (χ1n) is 6.11. The normalized spacial score (nSPS) is 10.9. The zero-order valence-corrected chi connectivity index (χ0v) is 10.2. The summed E-state index contributed by atoms with van der Waals surface area (Å²) in [5, 5.41) is 0. The van der Waals surface area contributed by atoms with Crippen LogP contribution in [0.25, 0.3) is 0 Å². The number of pyridine rings is 1. The van der Waals surface area contributed by atoms with Crippen LogP contribution in [0.15, 0.2) is 24.4 Å². The molecule has 3 heteroatoms. The van der Waals surface area contributed by atoms with E-state index in [2.05, 4.69) is 23.0 Å². The Balaban J connectivity index is 2.08. The first-order chi connectivity index (χ1) is 7.83. The van der Waals surface area contributed by atoms with Gasteiger partial charge in [-0.1, -0.05) is 12.5 Å². The van der Waals surface area contributed by atoms with Crippen molar-refractivity contribution in [2.45, 2.75) is 25.7 Å². The van der Waals surface area contributed by atoms with E-state index in [1.807, 2.05) is 18.3 Å². The molecule has 2 N–H and O–H groups in total. The number of unbranched alkanes of at least 4 members (excludes halogenated alkanes) is 2. The van der Waals surface area contributed by atoms with Gasteiger partial charge in [0.2, 0.25) is 0 Å². The maximum Gasteiger partial charge on any atom is 0.0416 e. The molecule has 0 atom stereocenters. The van der Waals surface area contributed by atoms with Gasteiger partial charge in [0.05, 0.1) is 0 Å². The van der Waals surface area contributed by atoms with Gasteiger partial charge in [-0.05, 0) is 45.1 Å². The van der Waals surface area contributed by atoms with Gasteiger partial charge in [-0.15, -0.1) is 0 Å². The van der Waals surface area contributed by atoms with Crippen molar-refractivity contribution in [2.24, 2.45) is 5.73 Å². The van der Waals surface area contributed by atoms with Crippen LogP contribution in [0.4, 0.5) is 0 Å². The second kappa shape index (κ2) is 8.25. The molecule has 1 aromatic heterocycles. The highest BCUT2D eigenvalue weighted by atomic mass is 15.1. The van der Waals surface area contributed by atoms with E-state index in [-0.39, 0.29) is 0 Å². The second-order valence-corrected chi connectivity index (χ2v) is 4.22. The van der Waals surface area contributed by atoms with Crippen molar-refractivity contribution in [1.82, 2.24) is 9.88 Å². The predicted octanol–water partition coefficient (Wildman–Crippen LogP) is 1.68. The Hall–Kier alpha value is -0.930. The van der Waals surface area contributed by atoms with Gasteiger partial charge in [0.1, 0.15) is 0 Å². The summed E-state index contributed by atoms with van der Waals surface area (Å²) in [6.07, 6.45) is 6.53. The van der Waals surface area contributed by atoms with E-state index in [1.54, 1.807) is 0 Å². The largest absolute Gasteiger partial charge is 0.330 e. The Bertz CT molecular complexity index is 261. The number of nitrogens with zero attached hydrogens (tertiary/aromatic N) is 2. The monoisotopic (exact) mass is 221 g/mol. The molecule has 0 amide bonds. The molecule has 0 saturated heterocycles. The average molecular weight is 221 g/mol. The summed E-state index contributed by atoms with van der Waals surface area (Å²) in [5.41, 5.74) is 6.64. The predicted molar refractivity (Wildman–Crippen MR) is 68.3 cm³/mol. The number of hydrogen-bond acceptors (Lipinski definition) is 3. The fourth-order valence-corrected chi connectivity index (χ4v) is 1.67. The van der Waals surface area contributed by atoms with Crippen LogP contribution < -0.4 is 5.73 Å². The zero-order valence-electron chi connectivity index (χ0n) is 10.2. The number of hydrogen-bond donors (Lipinski definition) is 1. The van der Waals surface area contributed by atoms with Crippen LogP contribution in [-0.2, 0) is 6.42 Å². The van der Waals surface area contributed by atoms with Gasteiger partial charge >= 0.3 is 0 Å². The molecule has 0 aliphatic carbocycles. The third-order valence-corrected chi connectivity index (χ3v) is 2.72. The van der Waals surface area contributed by atoms with Crippen molar-refractivity contribution in [1.29, 1.82) is 0 Å². The lowest BCUT2D eigenvalue weighted by atomic mass is 10.2. The Kier molecular flexibility index (Phi) is 6.77. The molecule has 0 fully saturated rings. The third kappa shape index (κ3) is 5.83. The average Bonchev–Trinajstić information content (AvgIpc) is 2.33. The SMILES string of the molecule is CN(CCCCCN)CCc1ccccn1. The highest BCUT2D eigenvalue weighted by molar-refractivity contribution is 5.03. The van der Waals surface area contributed by atoms with Crippen molar-refractivity contribution >= 4 is 0 Å². The van der Waals surface area contributed by atoms with E-state index in [9.17, 15) is 0 Å². The number of rotatable bonds is 8. The van der Waals surface area contributed by atoms with Gasteiger partial charge in [-0.25, -0.2) is 0 Å². The lowest BCUT2D eigenvalue weighted by Crippen LogP contribution is -2.22. The molecule has 1 aromatic rings. The minimum Gasteiger partial charge on any atom is -0.330 e. The van der Waals surface area contributed by atoms with Gasteiger partial charge in [-0.3, -0.25) is 4.98 Å². The highest BCUT2D eigenvalue weighted by Crippen LogP contribution is 1.99. The van der Waals surface area contributed by atoms with Crippen LogP contribution in [-0.4, -0.2) is 36.6 Å². The summed E-state index contributed by atoms with van der Waals surface area (Å²) in [7, 11) is 2.17. The topological polar surface area (TPSA) is 42.1 Å². The van der Waals surface area contributed by atoms with Crippen LogP contribution in [0, 0.1) is 0 Å². The summed E-state index contributed by atoms with van der Waals surface area (Å²) in [6.45, 7) is 3.06. The van der Waals surface area contributed by atoms with Crippen molar-refractivity contribution < 1.29 is 0 Å². The standard InChI is InChI=1S/C13H23N3/c1-16(11-6-2-4-9-14)12-8-13-7-3-5-10-15-13/h3,5,7,10H,2,4,6,8-9,11-12,14H2,1H3. The van der Waals surface area contributed by atoms with E-state index in [4.69, 9.17) is 5.73 Å². The molecular weight excluding hydrogens is 198 g/mol. The van der Waals surface area contributed by atoms with Gasteiger partial charge in [0.25, 0.3) is 0 Å². The van der Waals surface area contributed by atoms with Crippen LogP contribution in [0.3, 0.4) is 0 Å². The van der Waals surface area contributed by atoms with Crippen molar-refractivity contribution in [3.8, 4) is 0 Å². The maximum atomic E-state index is 5.46. The lowest BCUT2D eigenvalue weighted by Gasteiger charge is -2.15. The van der Waals surface area contributed by atoms with Crippen molar-refractivity contribution in [3.05, 3.63) is 30.1 Å². The van der Waals surface area contributed by atoms with E-state index in [0.717, 1.165) is 32.5 Å². The number of likely N-dealkylation sites (N-methyl/N-ethyl adjacent to an activating group) is 1. The van der Waals surface area contributed by atoms with E-state index >= 15 is 0 Å². The Morgan fingerprint density at radius 2 is 2.06 bits per heavy atom. The molecule has 0 saturated carbocycles. The molecule has 0 bridgehead atoms. The van der Waals surface area contributed by atoms with Crippen molar-refractivity contribution in [2.75, 3.05) is 26.7 Å².